The van der Waals surface area contributed by atoms with Crippen LogP contribution in [0.5, 0.6) is 0 Å². The van der Waals surface area contributed by atoms with Crippen LogP contribution in [0.15, 0.2) is 42.5 Å². The molecule has 1 N–H and O–H groups in total. The summed E-state index contributed by atoms with van der Waals surface area (Å²) in [7, 11) is 1.92. The zero-order chi connectivity index (χ0) is 15.7. The molecule has 0 amide bonds. The molecule has 0 radical (unpaired) electrons. The number of non-ortho nitro benzene ring substituents is 1. The molecule has 1 heterocycles. The average Bonchev–Trinajstić information content (AvgIpc) is 2.54. The van der Waals surface area contributed by atoms with E-state index in [1.165, 1.54) is 6.07 Å². The van der Waals surface area contributed by atoms with Crippen molar-refractivity contribution in [3.8, 4) is 11.1 Å². The molecule has 1 atom stereocenters. The maximum absolute atomic E-state index is 11.0. The highest BCUT2D eigenvalue weighted by molar-refractivity contribution is 5.83. The molecule has 3 rings (SSSR count). The van der Waals surface area contributed by atoms with E-state index in [1.54, 1.807) is 12.1 Å². The normalized spacial score (nSPS) is 16.6. The standard InChI is InChI=1S/C16H15N3O3/c1-18-9-13(10-20)17-15-6-5-12(8-16(15)18)11-3-2-4-14(7-11)19(21)22/h2-8,10,13,17H,9H2,1H3. The van der Waals surface area contributed by atoms with E-state index in [4.69, 9.17) is 0 Å². The Morgan fingerprint density at radius 3 is 2.77 bits per heavy atom. The van der Waals surface area contributed by atoms with Gasteiger partial charge in [0, 0.05) is 25.7 Å². The number of rotatable bonds is 3. The predicted molar refractivity (Wildman–Crippen MR) is 85.3 cm³/mol. The highest BCUT2D eigenvalue weighted by atomic mass is 16.6. The summed E-state index contributed by atoms with van der Waals surface area (Å²) in [5.41, 5.74) is 3.63. The summed E-state index contributed by atoms with van der Waals surface area (Å²) >= 11 is 0. The summed E-state index contributed by atoms with van der Waals surface area (Å²) in [6.45, 7) is 0.592. The number of benzene rings is 2. The number of nitro benzene ring substituents is 1. The van der Waals surface area contributed by atoms with Gasteiger partial charge in [0.1, 0.15) is 6.29 Å². The number of likely N-dealkylation sites (N-methyl/N-ethyl adjacent to an activating group) is 1. The smallest absolute Gasteiger partial charge is 0.270 e. The number of carbonyl (C=O) groups is 1. The Hall–Kier alpha value is -2.89. The van der Waals surface area contributed by atoms with Crippen molar-refractivity contribution >= 4 is 23.3 Å². The van der Waals surface area contributed by atoms with Crippen LogP contribution in [0.3, 0.4) is 0 Å². The van der Waals surface area contributed by atoms with Gasteiger partial charge in [-0.05, 0) is 23.3 Å². The van der Waals surface area contributed by atoms with Crippen LogP contribution < -0.4 is 10.2 Å². The number of fused-ring (bicyclic) bond motifs is 1. The fourth-order valence-electron chi connectivity index (χ4n) is 2.66. The fourth-order valence-corrected chi connectivity index (χ4v) is 2.66. The quantitative estimate of drug-likeness (QED) is 0.535. The monoisotopic (exact) mass is 297 g/mol. The number of aldehydes is 1. The van der Waals surface area contributed by atoms with Gasteiger partial charge < -0.3 is 15.0 Å². The van der Waals surface area contributed by atoms with Crippen LogP contribution in [0.4, 0.5) is 17.1 Å². The maximum Gasteiger partial charge on any atom is 0.270 e. The molecule has 2 aromatic carbocycles. The average molecular weight is 297 g/mol. The molecule has 0 saturated carbocycles. The second-order valence-electron chi connectivity index (χ2n) is 5.31. The van der Waals surface area contributed by atoms with Crippen molar-refractivity contribution in [3.05, 3.63) is 52.6 Å². The Kier molecular flexibility index (Phi) is 3.50. The second kappa shape index (κ2) is 5.48. The van der Waals surface area contributed by atoms with Crippen molar-refractivity contribution < 1.29 is 9.72 Å². The largest absolute Gasteiger partial charge is 0.372 e. The summed E-state index contributed by atoms with van der Waals surface area (Å²) in [6, 6.07) is 12.1. The molecule has 0 fully saturated rings. The van der Waals surface area contributed by atoms with Crippen LogP contribution in [0, 0.1) is 10.1 Å². The van der Waals surface area contributed by atoms with E-state index in [-0.39, 0.29) is 11.7 Å². The van der Waals surface area contributed by atoms with Crippen molar-refractivity contribution in [3.63, 3.8) is 0 Å². The predicted octanol–water partition coefficient (Wildman–Crippen LogP) is 2.69. The van der Waals surface area contributed by atoms with E-state index >= 15 is 0 Å². The van der Waals surface area contributed by atoms with Crippen molar-refractivity contribution in [2.75, 3.05) is 23.8 Å². The fraction of sp³-hybridized carbons (Fsp3) is 0.188. The first-order valence-electron chi connectivity index (χ1n) is 6.90. The first kappa shape index (κ1) is 14.1. The van der Waals surface area contributed by atoms with Gasteiger partial charge >= 0.3 is 0 Å². The second-order valence-corrected chi connectivity index (χ2v) is 5.31. The number of hydrogen-bond acceptors (Lipinski definition) is 5. The molecule has 1 aliphatic heterocycles. The van der Waals surface area contributed by atoms with Gasteiger partial charge in [-0.1, -0.05) is 18.2 Å². The molecule has 0 aromatic heterocycles. The van der Waals surface area contributed by atoms with Crippen LogP contribution >= 0.6 is 0 Å². The molecule has 0 spiro atoms. The molecule has 2 aromatic rings. The zero-order valence-corrected chi connectivity index (χ0v) is 12.0. The van der Waals surface area contributed by atoms with E-state index < -0.39 is 4.92 Å². The van der Waals surface area contributed by atoms with Gasteiger partial charge in [-0.3, -0.25) is 10.1 Å². The van der Waals surface area contributed by atoms with Gasteiger partial charge in [0.2, 0.25) is 0 Å². The molecular formula is C16H15N3O3. The van der Waals surface area contributed by atoms with E-state index in [0.717, 1.165) is 28.8 Å². The van der Waals surface area contributed by atoms with Crippen molar-refractivity contribution in [2.24, 2.45) is 0 Å². The Morgan fingerprint density at radius 1 is 1.27 bits per heavy atom. The number of nitrogens with one attached hydrogen (secondary N) is 1. The number of carbonyl (C=O) groups excluding carboxylic acids is 1. The first-order valence-corrected chi connectivity index (χ1v) is 6.90. The van der Waals surface area contributed by atoms with Crippen molar-refractivity contribution in [1.29, 1.82) is 0 Å². The molecule has 0 bridgehead atoms. The molecule has 0 saturated heterocycles. The third-order valence-corrected chi connectivity index (χ3v) is 3.78. The molecule has 22 heavy (non-hydrogen) atoms. The summed E-state index contributed by atoms with van der Waals surface area (Å²) in [4.78, 5) is 23.5. The van der Waals surface area contributed by atoms with Gasteiger partial charge in [0.25, 0.3) is 5.69 Å². The third kappa shape index (κ3) is 2.50. The lowest BCUT2D eigenvalue weighted by atomic mass is 10.0. The van der Waals surface area contributed by atoms with Crippen molar-refractivity contribution in [1.82, 2.24) is 0 Å². The van der Waals surface area contributed by atoms with Gasteiger partial charge in [0.15, 0.2) is 0 Å². The highest BCUT2D eigenvalue weighted by Gasteiger charge is 2.21. The lowest BCUT2D eigenvalue weighted by molar-refractivity contribution is -0.384. The molecule has 6 heteroatoms. The van der Waals surface area contributed by atoms with Crippen LogP contribution in [0.1, 0.15) is 0 Å². The highest BCUT2D eigenvalue weighted by Crippen LogP contribution is 2.34. The van der Waals surface area contributed by atoms with Gasteiger partial charge in [-0.2, -0.15) is 0 Å². The van der Waals surface area contributed by atoms with Gasteiger partial charge in [-0.15, -0.1) is 0 Å². The minimum Gasteiger partial charge on any atom is -0.372 e. The Labute approximate surface area is 127 Å². The topological polar surface area (TPSA) is 75.5 Å². The van der Waals surface area contributed by atoms with Gasteiger partial charge in [-0.25, -0.2) is 0 Å². The van der Waals surface area contributed by atoms with Crippen LogP contribution in [-0.4, -0.2) is 30.8 Å². The van der Waals surface area contributed by atoms with E-state index in [9.17, 15) is 14.9 Å². The first-order chi connectivity index (χ1) is 10.6. The van der Waals surface area contributed by atoms with Gasteiger partial charge in [0.05, 0.1) is 22.3 Å². The Bertz CT molecular complexity index is 745. The van der Waals surface area contributed by atoms with Crippen LogP contribution in [0.25, 0.3) is 11.1 Å². The number of nitro groups is 1. The Balaban J connectivity index is 2.01. The van der Waals surface area contributed by atoms with Crippen molar-refractivity contribution in [2.45, 2.75) is 6.04 Å². The zero-order valence-electron chi connectivity index (χ0n) is 12.0. The lowest BCUT2D eigenvalue weighted by Gasteiger charge is -2.32. The van der Waals surface area contributed by atoms with E-state index in [1.807, 2.05) is 36.2 Å². The van der Waals surface area contributed by atoms with E-state index in [2.05, 4.69) is 5.32 Å². The summed E-state index contributed by atoms with van der Waals surface area (Å²) in [5, 5.41) is 14.1. The minimum atomic E-state index is -0.399. The number of nitrogens with zero attached hydrogens (tertiary/aromatic N) is 2. The SMILES string of the molecule is CN1CC(C=O)Nc2ccc(-c3cccc([N+](=O)[O-])c3)cc21. The molecular weight excluding hydrogens is 282 g/mol. The molecule has 6 nitrogen and oxygen atoms in total. The Morgan fingerprint density at radius 2 is 2.05 bits per heavy atom. The summed E-state index contributed by atoms with van der Waals surface area (Å²) in [6.07, 6.45) is 0.897. The van der Waals surface area contributed by atoms with Crippen LogP contribution in [0.2, 0.25) is 0 Å². The third-order valence-electron chi connectivity index (χ3n) is 3.78. The number of hydrogen-bond donors (Lipinski definition) is 1. The minimum absolute atomic E-state index is 0.0720. The summed E-state index contributed by atoms with van der Waals surface area (Å²) < 4.78 is 0. The molecule has 0 aliphatic carbocycles. The summed E-state index contributed by atoms with van der Waals surface area (Å²) in [5.74, 6) is 0. The van der Waals surface area contributed by atoms with E-state index in [0.29, 0.717) is 6.54 Å². The lowest BCUT2D eigenvalue weighted by Crippen LogP contribution is -2.40. The molecule has 1 unspecified atom stereocenters. The molecule has 1 aliphatic rings. The maximum atomic E-state index is 11.0. The van der Waals surface area contributed by atoms with Crippen LogP contribution in [-0.2, 0) is 4.79 Å². The molecule has 112 valence electrons. The number of anilines is 2.